The van der Waals surface area contributed by atoms with Crippen LogP contribution in [0.4, 0.5) is 0 Å². The van der Waals surface area contributed by atoms with E-state index in [0.717, 1.165) is 16.6 Å². The van der Waals surface area contributed by atoms with Crippen LogP contribution in [0, 0.1) is 6.92 Å². The van der Waals surface area contributed by atoms with E-state index in [1.807, 2.05) is 19.9 Å². The zero-order chi connectivity index (χ0) is 8.97. The Bertz CT molecular complexity index is 250. The Kier molecular flexibility index (Phi) is 3.49. The standard InChI is InChI=1S/C8H13N3S/c1-6(9)5-12-8-10-4-3-7(2)11-8/h3-4,6H,5,9H2,1-2H3/t6-/m0/s1. The Morgan fingerprint density at radius 1 is 1.67 bits per heavy atom. The molecule has 0 aromatic carbocycles. The van der Waals surface area contributed by atoms with Crippen molar-refractivity contribution in [1.29, 1.82) is 0 Å². The van der Waals surface area contributed by atoms with Gasteiger partial charge in [-0.25, -0.2) is 9.97 Å². The lowest BCUT2D eigenvalue weighted by atomic mass is 10.4. The monoisotopic (exact) mass is 183 g/mol. The van der Waals surface area contributed by atoms with Crippen molar-refractivity contribution in [3.05, 3.63) is 18.0 Å². The summed E-state index contributed by atoms with van der Waals surface area (Å²) in [6.07, 6.45) is 1.77. The van der Waals surface area contributed by atoms with Crippen LogP contribution >= 0.6 is 11.8 Å². The van der Waals surface area contributed by atoms with E-state index in [4.69, 9.17) is 5.73 Å². The average Bonchev–Trinajstić information content (AvgIpc) is 2.01. The lowest BCUT2D eigenvalue weighted by Gasteiger charge is -2.02. The van der Waals surface area contributed by atoms with Crippen LogP contribution in [0.2, 0.25) is 0 Å². The fourth-order valence-electron chi connectivity index (χ4n) is 0.701. The summed E-state index contributed by atoms with van der Waals surface area (Å²) >= 11 is 1.60. The number of aromatic nitrogens is 2. The van der Waals surface area contributed by atoms with Crippen LogP contribution in [0.5, 0.6) is 0 Å². The van der Waals surface area contributed by atoms with Crippen LogP contribution in [0.15, 0.2) is 17.4 Å². The second-order valence-corrected chi connectivity index (χ2v) is 3.76. The van der Waals surface area contributed by atoms with Gasteiger partial charge in [0.1, 0.15) is 0 Å². The SMILES string of the molecule is Cc1ccnc(SC[C@H](C)N)n1. The van der Waals surface area contributed by atoms with Gasteiger partial charge in [-0.15, -0.1) is 0 Å². The maximum absolute atomic E-state index is 5.60. The third-order valence-corrected chi connectivity index (χ3v) is 2.40. The van der Waals surface area contributed by atoms with Gasteiger partial charge in [-0.3, -0.25) is 0 Å². The van der Waals surface area contributed by atoms with Gasteiger partial charge in [-0.1, -0.05) is 11.8 Å². The maximum atomic E-state index is 5.60. The van der Waals surface area contributed by atoms with E-state index in [2.05, 4.69) is 9.97 Å². The molecular weight excluding hydrogens is 170 g/mol. The molecule has 66 valence electrons. The van der Waals surface area contributed by atoms with E-state index in [0.29, 0.717) is 0 Å². The molecule has 0 aliphatic carbocycles. The maximum Gasteiger partial charge on any atom is 0.187 e. The summed E-state index contributed by atoms with van der Waals surface area (Å²) in [6, 6.07) is 2.08. The molecule has 0 saturated carbocycles. The van der Waals surface area contributed by atoms with E-state index in [-0.39, 0.29) is 6.04 Å². The van der Waals surface area contributed by atoms with E-state index in [9.17, 15) is 0 Å². The summed E-state index contributed by atoms with van der Waals surface area (Å²) in [4.78, 5) is 8.35. The van der Waals surface area contributed by atoms with Gasteiger partial charge >= 0.3 is 0 Å². The predicted octanol–water partition coefficient (Wildman–Crippen LogP) is 1.22. The molecule has 0 aliphatic heterocycles. The average molecular weight is 183 g/mol. The van der Waals surface area contributed by atoms with Crippen LogP contribution in [-0.2, 0) is 0 Å². The molecule has 1 aromatic rings. The number of rotatable bonds is 3. The summed E-state index contributed by atoms with van der Waals surface area (Å²) in [5.41, 5.74) is 6.60. The second-order valence-electron chi connectivity index (χ2n) is 2.77. The van der Waals surface area contributed by atoms with E-state index < -0.39 is 0 Å². The third kappa shape index (κ3) is 3.19. The highest BCUT2D eigenvalue weighted by Gasteiger charge is 1.99. The van der Waals surface area contributed by atoms with Crippen molar-refractivity contribution >= 4 is 11.8 Å². The first-order chi connectivity index (χ1) is 5.68. The zero-order valence-electron chi connectivity index (χ0n) is 7.32. The highest BCUT2D eigenvalue weighted by Crippen LogP contribution is 2.12. The highest BCUT2D eigenvalue weighted by atomic mass is 32.2. The van der Waals surface area contributed by atoms with Gasteiger partial charge in [-0.2, -0.15) is 0 Å². The fraction of sp³-hybridized carbons (Fsp3) is 0.500. The van der Waals surface area contributed by atoms with Gasteiger partial charge in [0.15, 0.2) is 5.16 Å². The van der Waals surface area contributed by atoms with Gasteiger partial charge in [0.05, 0.1) is 0 Å². The van der Waals surface area contributed by atoms with Crippen LogP contribution in [0.3, 0.4) is 0 Å². The number of nitrogens with two attached hydrogens (primary N) is 1. The Balaban J connectivity index is 2.52. The summed E-state index contributed by atoms with van der Waals surface area (Å²) in [7, 11) is 0. The molecule has 0 radical (unpaired) electrons. The number of thioether (sulfide) groups is 1. The molecule has 0 spiro atoms. The minimum atomic E-state index is 0.194. The smallest absolute Gasteiger partial charge is 0.187 e. The van der Waals surface area contributed by atoms with Crippen LogP contribution in [0.25, 0.3) is 0 Å². The quantitative estimate of drug-likeness (QED) is 0.565. The second kappa shape index (κ2) is 4.42. The number of hydrogen-bond donors (Lipinski definition) is 1. The number of hydrogen-bond acceptors (Lipinski definition) is 4. The first kappa shape index (κ1) is 9.48. The minimum Gasteiger partial charge on any atom is -0.327 e. The molecule has 0 saturated heterocycles. The molecule has 1 atom stereocenters. The first-order valence-electron chi connectivity index (χ1n) is 3.86. The van der Waals surface area contributed by atoms with Crippen molar-refractivity contribution in [2.75, 3.05) is 5.75 Å². The largest absolute Gasteiger partial charge is 0.327 e. The molecule has 3 nitrogen and oxygen atoms in total. The minimum absolute atomic E-state index is 0.194. The Hall–Kier alpha value is -0.610. The van der Waals surface area contributed by atoms with Crippen molar-refractivity contribution in [2.45, 2.75) is 25.0 Å². The summed E-state index contributed by atoms with van der Waals surface area (Å²) < 4.78 is 0. The Morgan fingerprint density at radius 3 is 3.00 bits per heavy atom. The molecular formula is C8H13N3S. The van der Waals surface area contributed by atoms with Crippen molar-refractivity contribution in [2.24, 2.45) is 5.73 Å². The van der Waals surface area contributed by atoms with Crippen molar-refractivity contribution in [1.82, 2.24) is 9.97 Å². The lowest BCUT2D eigenvalue weighted by Crippen LogP contribution is -2.17. The predicted molar refractivity (Wildman–Crippen MR) is 51.1 cm³/mol. The van der Waals surface area contributed by atoms with Crippen LogP contribution in [-0.4, -0.2) is 21.8 Å². The van der Waals surface area contributed by atoms with E-state index in [1.165, 1.54) is 0 Å². The lowest BCUT2D eigenvalue weighted by molar-refractivity contribution is 0.840. The molecule has 0 unspecified atom stereocenters. The molecule has 1 heterocycles. The van der Waals surface area contributed by atoms with Crippen LogP contribution in [0.1, 0.15) is 12.6 Å². The summed E-state index contributed by atoms with van der Waals surface area (Å²) in [6.45, 7) is 3.93. The topological polar surface area (TPSA) is 51.8 Å². The number of aryl methyl sites for hydroxylation is 1. The molecule has 0 amide bonds. The van der Waals surface area contributed by atoms with E-state index in [1.54, 1.807) is 18.0 Å². The van der Waals surface area contributed by atoms with Crippen molar-refractivity contribution in [3.63, 3.8) is 0 Å². The van der Waals surface area contributed by atoms with Gasteiger partial charge in [0, 0.05) is 23.7 Å². The molecule has 0 fully saturated rings. The molecule has 12 heavy (non-hydrogen) atoms. The van der Waals surface area contributed by atoms with E-state index >= 15 is 0 Å². The van der Waals surface area contributed by atoms with Crippen molar-refractivity contribution in [3.8, 4) is 0 Å². The zero-order valence-corrected chi connectivity index (χ0v) is 8.14. The first-order valence-corrected chi connectivity index (χ1v) is 4.85. The Labute approximate surface area is 76.8 Å². The Morgan fingerprint density at radius 2 is 2.42 bits per heavy atom. The van der Waals surface area contributed by atoms with Gasteiger partial charge < -0.3 is 5.73 Å². The van der Waals surface area contributed by atoms with Crippen LogP contribution < -0.4 is 5.73 Å². The molecule has 4 heteroatoms. The fourth-order valence-corrected chi connectivity index (χ4v) is 1.46. The summed E-state index contributed by atoms with van der Waals surface area (Å²) in [5, 5.41) is 0.812. The molecule has 2 N–H and O–H groups in total. The molecule has 0 bridgehead atoms. The van der Waals surface area contributed by atoms with Gasteiger partial charge in [-0.05, 0) is 19.9 Å². The van der Waals surface area contributed by atoms with Gasteiger partial charge in [0.2, 0.25) is 0 Å². The van der Waals surface area contributed by atoms with Crippen molar-refractivity contribution < 1.29 is 0 Å². The third-order valence-electron chi connectivity index (χ3n) is 1.25. The van der Waals surface area contributed by atoms with Gasteiger partial charge in [0.25, 0.3) is 0 Å². The molecule has 1 aromatic heterocycles. The molecule has 0 aliphatic rings. The number of nitrogens with zero attached hydrogens (tertiary/aromatic N) is 2. The highest BCUT2D eigenvalue weighted by molar-refractivity contribution is 7.99. The normalized spacial score (nSPS) is 12.9. The molecule has 1 rings (SSSR count). The summed E-state index contributed by atoms with van der Waals surface area (Å²) in [5.74, 6) is 0.865.